The van der Waals surface area contributed by atoms with Crippen LogP contribution in [0.4, 0.5) is 48.5 Å². The Morgan fingerprint density at radius 2 is 0.765 bits per heavy atom. The number of benzene rings is 9. The topological polar surface area (TPSA) is 313 Å². The number of thiol groups is 1. The zero-order chi connectivity index (χ0) is 73.4. The Bertz CT molecular complexity index is 4220. The lowest BCUT2D eigenvalue weighted by Crippen LogP contribution is -2.17. The van der Waals surface area contributed by atoms with Crippen molar-refractivity contribution in [3.63, 3.8) is 0 Å². The highest BCUT2D eigenvalue weighted by molar-refractivity contribution is 8.14. The lowest BCUT2D eigenvalue weighted by molar-refractivity contribution is -0.140. The molecule has 24 nitrogen and oxygen atoms in total. The fraction of sp³-hybridized carbons (Fsp3) is 0.0704. The van der Waals surface area contributed by atoms with E-state index in [-0.39, 0.29) is 42.7 Å². The van der Waals surface area contributed by atoms with E-state index in [1.54, 1.807) is 153 Å². The van der Waals surface area contributed by atoms with E-state index in [1.807, 2.05) is 91.0 Å². The molecule has 9 rings (SSSR count). The van der Waals surface area contributed by atoms with Gasteiger partial charge in [0, 0.05) is 67.0 Å². The van der Waals surface area contributed by atoms with Gasteiger partial charge in [0.25, 0.3) is 10.5 Å². The second kappa shape index (κ2) is 43.4. The zero-order valence-corrected chi connectivity index (χ0v) is 59.5. The smallest absolute Gasteiger partial charge is 0.460 e. The van der Waals surface area contributed by atoms with E-state index in [0.717, 1.165) is 44.3 Å². The summed E-state index contributed by atoms with van der Waals surface area (Å²) >= 11 is 17.7. The molecule has 0 unspecified atom stereocenters. The van der Waals surface area contributed by atoms with Gasteiger partial charge < -0.3 is 57.1 Å². The number of aliphatic hydroxyl groups excluding tert-OH is 1. The predicted octanol–water partition coefficient (Wildman–Crippen LogP) is 17.8. The van der Waals surface area contributed by atoms with Crippen LogP contribution < -0.4 is 43.1 Å². The molecule has 31 heteroatoms. The first-order valence-corrected chi connectivity index (χ1v) is 36.6. The molecule has 102 heavy (non-hydrogen) atoms. The van der Waals surface area contributed by atoms with Gasteiger partial charge in [-0.05, 0) is 212 Å². The molecule has 0 spiro atoms. The van der Waals surface area contributed by atoms with Crippen LogP contribution in [0.2, 0.25) is 0 Å². The highest BCUT2D eigenvalue weighted by atomic mass is 32.5. The maximum atomic E-state index is 12.5. The van der Waals surface area contributed by atoms with Crippen LogP contribution in [0.25, 0.3) is 0 Å². The number of aliphatic hydroxyl groups is 1. The van der Waals surface area contributed by atoms with Crippen molar-refractivity contribution in [3.8, 4) is 34.5 Å². The normalized spacial score (nSPS) is 10.6. The second-order valence-corrected chi connectivity index (χ2v) is 27.5. The van der Waals surface area contributed by atoms with Gasteiger partial charge in [0.05, 0.1) is 23.7 Å². The summed E-state index contributed by atoms with van der Waals surface area (Å²) < 4.78 is 50.3. The molecule has 522 valence electrons. The third-order valence-corrected chi connectivity index (χ3v) is 17.5. The molecule has 4 N–H and O–H groups in total. The number of hydrogen-bond acceptors (Lipinski definition) is 26. The molecule has 0 heterocycles. The monoisotopic (exact) mass is 1510 g/mol. The van der Waals surface area contributed by atoms with E-state index in [4.69, 9.17) is 65.3 Å². The molecule has 0 bridgehead atoms. The average molecular weight is 1510 g/mol. The molecule has 0 atom stereocenters. The highest BCUT2D eigenvalue weighted by Crippen LogP contribution is 2.52. The van der Waals surface area contributed by atoms with Crippen LogP contribution in [0.15, 0.2) is 291 Å². The van der Waals surface area contributed by atoms with Crippen LogP contribution in [-0.4, -0.2) is 78.3 Å². The third-order valence-electron chi connectivity index (χ3n) is 11.7. The van der Waals surface area contributed by atoms with Crippen molar-refractivity contribution < 1.29 is 84.8 Å². The Hall–Kier alpha value is -11.1. The van der Waals surface area contributed by atoms with Gasteiger partial charge in [0.1, 0.15) is 54.3 Å². The molecule has 9 aromatic rings. The standard InChI is InChI=1S/C38H32N3O9PS3.C21H12N3O6PS.C6H10O3.C6H6S/c1-2-35(42)46-25-26-47-36(43)39-27-13-19-30(20-14-27)48-51(52,49-31-21-15-28(16-22-31)40-37(44)53-33-9-5-3-6-10-33)50-32-23-17-29(18-24-32)41-38(45)54-34-11-7-4-8-12-34;25-13-22-16-1-7-19(8-2-16)28-31(32,29-20-9-3-17(4-10-20)23-14-26)30-21-11-5-18(6-12-21)24-15-27;1-5(2)6(8)9-4-3-7;7-6-4-2-1-3-5-6/h2-24H,1,25-26H2,(H,39,43)(H,40,44)(H,41,45);1-12H;7H,1,3-4H2,2H3;1-5,7H. The molecule has 3 amide bonds. The quantitative estimate of drug-likeness (QED) is 0.00368. The number of nitrogens with one attached hydrogen (secondary N) is 3. The van der Waals surface area contributed by atoms with Gasteiger partial charge in [0.15, 0.2) is 0 Å². The molecule has 0 aliphatic carbocycles. The minimum Gasteiger partial charge on any atom is -0.460 e. The van der Waals surface area contributed by atoms with E-state index in [0.29, 0.717) is 68.4 Å². The molecular weight excluding hydrogens is 1450 g/mol. The number of rotatable bonds is 27. The average Bonchev–Trinajstić information content (AvgIpc) is 0.828. The maximum absolute atomic E-state index is 12.5. The predicted molar refractivity (Wildman–Crippen MR) is 400 cm³/mol. The molecule has 0 aliphatic rings. The minimum atomic E-state index is -3.64. The first kappa shape index (κ1) is 79.8. The molecule has 9 aromatic carbocycles. The lowest BCUT2D eigenvalue weighted by Gasteiger charge is -2.23. The summed E-state index contributed by atoms with van der Waals surface area (Å²) in [5.41, 5.74) is 2.97. The Labute approximate surface area is 609 Å². The Kier molecular flexibility index (Phi) is 34.0. The highest BCUT2D eigenvalue weighted by Gasteiger charge is 2.29. The third kappa shape index (κ3) is 31.0. The SMILES string of the molecule is C=C(C)C(=O)OCCO.C=CC(=O)OCCOC(=O)Nc1ccc(OP(=S)(Oc2ccc(NC(=O)Sc3ccccc3)cc2)Oc2ccc(NC(=O)Sc3ccccc3)cc2)cc1.O=C=Nc1ccc(OP(=S)(Oc2ccc(N=C=O)cc2)Oc2ccc(N=C=O)cc2)cc1.Sc1ccccc1. The maximum Gasteiger partial charge on any atom is 0.490 e. The molecule has 0 aliphatic heterocycles. The summed E-state index contributed by atoms with van der Waals surface area (Å²) in [6, 6.07) is 66.2. The van der Waals surface area contributed by atoms with Crippen LogP contribution in [-0.2, 0) is 61.8 Å². The minimum absolute atomic E-state index is 0.0473. The number of carbonyl (C=O) groups is 5. The van der Waals surface area contributed by atoms with Crippen molar-refractivity contribution in [2.45, 2.75) is 21.6 Å². The summed E-state index contributed by atoms with van der Waals surface area (Å²) in [7, 11) is 0. The number of isocyanates is 3. The number of ether oxygens (including phenoxy) is 3. The van der Waals surface area contributed by atoms with Gasteiger partial charge in [0.2, 0.25) is 18.2 Å². The number of aliphatic imine (C=N–C) groups is 3. The fourth-order valence-electron chi connectivity index (χ4n) is 7.24. The van der Waals surface area contributed by atoms with Crippen molar-refractivity contribution in [3.05, 3.63) is 261 Å². The summed E-state index contributed by atoms with van der Waals surface area (Å²) in [5, 5.41) is 15.9. The Balaban J connectivity index is 0.000000283. The van der Waals surface area contributed by atoms with Gasteiger partial charge in [-0.1, -0.05) is 67.8 Å². The molecule has 0 aromatic heterocycles. The van der Waals surface area contributed by atoms with E-state index in [9.17, 15) is 38.4 Å². The van der Waals surface area contributed by atoms with Gasteiger partial charge >= 0.3 is 31.5 Å². The summed E-state index contributed by atoms with van der Waals surface area (Å²) in [6.45, 7) is 0.729. The van der Waals surface area contributed by atoms with Crippen molar-refractivity contribution in [2.24, 2.45) is 15.0 Å². The van der Waals surface area contributed by atoms with Crippen LogP contribution >= 0.6 is 49.6 Å². The van der Waals surface area contributed by atoms with E-state index >= 15 is 0 Å². The van der Waals surface area contributed by atoms with Crippen molar-refractivity contribution in [1.82, 2.24) is 0 Å². The van der Waals surface area contributed by atoms with Crippen molar-refractivity contribution >= 4 is 154 Å². The molecule has 0 saturated heterocycles. The number of amides is 3. The number of nitrogens with zero attached hydrogens (tertiary/aromatic N) is 3. The van der Waals surface area contributed by atoms with Gasteiger partial charge in [-0.15, -0.1) is 12.6 Å². The first-order chi connectivity index (χ1) is 49.2. The van der Waals surface area contributed by atoms with Crippen LogP contribution in [0.3, 0.4) is 0 Å². The molecule has 0 radical (unpaired) electrons. The van der Waals surface area contributed by atoms with Crippen molar-refractivity contribution in [2.75, 3.05) is 42.4 Å². The van der Waals surface area contributed by atoms with Crippen LogP contribution in [0.5, 0.6) is 34.5 Å². The second-order valence-electron chi connectivity index (χ2n) is 19.4. The van der Waals surface area contributed by atoms with E-state index in [1.165, 1.54) is 18.2 Å². The Morgan fingerprint density at radius 3 is 1.05 bits per heavy atom. The van der Waals surface area contributed by atoms with Gasteiger partial charge in [-0.25, -0.2) is 28.8 Å². The number of thioether (sulfide) groups is 2. The number of anilines is 3. The molecule has 0 fully saturated rings. The fourth-order valence-corrected chi connectivity index (χ4v) is 12.8. The number of esters is 2. The van der Waals surface area contributed by atoms with Crippen molar-refractivity contribution in [1.29, 1.82) is 0 Å². The van der Waals surface area contributed by atoms with E-state index in [2.05, 4.69) is 61.5 Å². The zero-order valence-electron chi connectivity index (χ0n) is 53.5. The molecular formula is C71H60N6O18P2S5. The summed E-state index contributed by atoms with van der Waals surface area (Å²) in [4.78, 5) is 103. The van der Waals surface area contributed by atoms with E-state index < -0.39 is 31.5 Å². The Morgan fingerprint density at radius 1 is 0.461 bits per heavy atom. The largest absolute Gasteiger partial charge is 0.490 e. The molecule has 0 saturated carbocycles. The van der Waals surface area contributed by atoms with Gasteiger partial charge in [-0.2, -0.15) is 15.0 Å². The van der Waals surface area contributed by atoms with Crippen LogP contribution in [0.1, 0.15) is 6.92 Å². The number of hydrogen-bond donors (Lipinski definition) is 5. The lowest BCUT2D eigenvalue weighted by atomic mass is 10.3. The first-order valence-electron chi connectivity index (χ1n) is 29.5. The summed E-state index contributed by atoms with van der Waals surface area (Å²) in [6.07, 6.45) is 4.61. The van der Waals surface area contributed by atoms with Crippen LogP contribution in [0, 0.1) is 0 Å². The van der Waals surface area contributed by atoms with Gasteiger partial charge in [-0.3, -0.25) is 14.9 Å². The summed E-state index contributed by atoms with van der Waals surface area (Å²) in [5.74, 6) is 0.790. The number of carbonyl (C=O) groups excluding carboxylic acids is 8.